The molecule has 1 heterocycles. The number of nitrogens with zero attached hydrogens (tertiary/aromatic N) is 1. The van der Waals surface area contributed by atoms with Crippen LogP contribution < -0.4 is 16.0 Å². The van der Waals surface area contributed by atoms with Crippen molar-refractivity contribution in [3.05, 3.63) is 28.2 Å². The quantitative estimate of drug-likeness (QED) is 0.881. The van der Waals surface area contributed by atoms with E-state index < -0.39 is 12.1 Å². The van der Waals surface area contributed by atoms with Crippen molar-refractivity contribution < 1.29 is 9.59 Å². The lowest BCUT2D eigenvalue weighted by Crippen LogP contribution is -2.49. The fourth-order valence-corrected chi connectivity index (χ4v) is 3.08. The summed E-state index contributed by atoms with van der Waals surface area (Å²) in [6.07, 6.45) is 2.20. The summed E-state index contributed by atoms with van der Waals surface area (Å²) >= 11 is 3.50. The first-order chi connectivity index (χ1) is 9.54. The Morgan fingerprint density at radius 1 is 1.50 bits per heavy atom. The normalized spacial score (nSPS) is 14.8. The van der Waals surface area contributed by atoms with Gasteiger partial charge in [-0.2, -0.15) is 0 Å². The number of anilines is 1. The summed E-state index contributed by atoms with van der Waals surface area (Å²) < 4.78 is 1.01. The molecule has 1 aliphatic heterocycles. The van der Waals surface area contributed by atoms with E-state index in [4.69, 9.17) is 5.73 Å². The maximum atomic E-state index is 12.6. The topological polar surface area (TPSA) is 75.4 Å². The highest BCUT2D eigenvalue weighted by Gasteiger charge is 2.31. The van der Waals surface area contributed by atoms with E-state index in [-0.39, 0.29) is 5.91 Å². The molecule has 0 saturated carbocycles. The van der Waals surface area contributed by atoms with E-state index >= 15 is 0 Å². The molecule has 108 valence electrons. The van der Waals surface area contributed by atoms with E-state index in [0.29, 0.717) is 13.0 Å². The molecule has 3 amide bonds. The summed E-state index contributed by atoms with van der Waals surface area (Å²) in [4.78, 5) is 25.4. The van der Waals surface area contributed by atoms with Crippen LogP contribution >= 0.6 is 15.9 Å². The summed E-state index contributed by atoms with van der Waals surface area (Å²) in [6.45, 7) is 2.61. The summed E-state index contributed by atoms with van der Waals surface area (Å²) in [6, 6.07) is 4.59. The molecule has 5 nitrogen and oxygen atoms in total. The van der Waals surface area contributed by atoms with Crippen LogP contribution in [0.1, 0.15) is 25.3 Å². The van der Waals surface area contributed by atoms with Gasteiger partial charge in [0.25, 0.3) is 0 Å². The smallest absolute Gasteiger partial charge is 0.312 e. The lowest BCUT2D eigenvalue weighted by Gasteiger charge is -2.24. The van der Waals surface area contributed by atoms with Gasteiger partial charge in [-0.3, -0.25) is 4.79 Å². The minimum Gasteiger partial charge on any atom is -0.352 e. The van der Waals surface area contributed by atoms with Gasteiger partial charge in [0.2, 0.25) is 5.91 Å². The van der Waals surface area contributed by atoms with Crippen LogP contribution in [0.15, 0.2) is 22.7 Å². The van der Waals surface area contributed by atoms with Gasteiger partial charge < -0.3 is 16.0 Å². The predicted octanol–water partition coefficient (Wildman–Crippen LogP) is 2.18. The molecular weight excluding hydrogens is 322 g/mol. The first kappa shape index (κ1) is 14.8. The SMILES string of the molecule is CCC[C@@H](NC(N)=O)C(=O)N1CCc2c(Br)cccc21. The average Bonchev–Trinajstić information content (AvgIpc) is 2.82. The number of hydrogen-bond donors (Lipinski definition) is 2. The van der Waals surface area contributed by atoms with Crippen molar-refractivity contribution in [2.45, 2.75) is 32.2 Å². The zero-order chi connectivity index (χ0) is 14.7. The Balaban J connectivity index is 2.22. The van der Waals surface area contributed by atoms with E-state index in [1.807, 2.05) is 25.1 Å². The molecule has 0 fully saturated rings. The Morgan fingerprint density at radius 3 is 2.90 bits per heavy atom. The van der Waals surface area contributed by atoms with Crippen LogP contribution in [0.5, 0.6) is 0 Å². The van der Waals surface area contributed by atoms with Gasteiger partial charge >= 0.3 is 6.03 Å². The molecule has 1 aromatic rings. The van der Waals surface area contributed by atoms with Gasteiger partial charge in [-0.1, -0.05) is 35.3 Å². The number of primary amides is 1. The van der Waals surface area contributed by atoms with Crippen molar-refractivity contribution in [1.29, 1.82) is 0 Å². The molecule has 0 bridgehead atoms. The number of carbonyl (C=O) groups excluding carboxylic acids is 2. The second kappa shape index (κ2) is 6.26. The molecule has 1 aliphatic rings. The lowest BCUT2D eigenvalue weighted by atomic mass is 10.1. The van der Waals surface area contributed by atoms with Crippen LogP contribution in [-0.2, 0) is 11.2 Å². The van der Waals surface area contributed by atoms with Crippen LogP contribution in [0.4, 0.5) is 10.5 Å². The van der Waals surface area contributed by atoms with Crippen molar-refractivity contribution in [3.63, 3.8) is 0 Å². The minimum atomic E-state index is -0.662. The second-order valence-corrected chi connectivity index (χ2v) is 5.68. The minimum absolute atomic E-state index is 0.0949. The highest BCUT2D eigenvalue weighted by Crippen LogP contribution is 2.34. The number of halogens is 1. The maximum absolute atomic E-state index is 12.6. The molecule has 6 heteroatoms. The van der Waals surface area contributed by atoms with Gasteiger partial charge in [0, 0.05) is 16.7 Å². The number of amides is 3. The van der Waals surface area contributed by atoms with Gasteiger partial charge in [-0.05, 0) is 30.5 Å². The standard InChI is InChI=1S/C14H18BrN3O2/c1-2-4-11(17-14(16)20)13(19)18-8-7-9-10(15)5-3-6-12(9)18/h3,5-6,11H,2,4,7-8H2,1H3,(H3,16,17,20)/t11-/m1/s1. The number of benzene rings is 1. The monoisotopic (exact) mass is 339 g/mol. The number of hydrogen-bond acceptors (Lipinski definition) is 2. The summed E-state index contributed by atoms with van der Waals surface area (Å²) in [7, 11) is 0. The van der Waals surface area contributed by atoms with E-state index in [9.17, 15) is 9.59 Å². The van der Waals surface area contributed by atoms with Crippen molar-refractivity contribution in [3.8, 4) is 0 Å². The summed E-state index contributed by atoms with van der Waals surface area (Å²) in [5.74, 6) is -0.0949. The van der Waals surface area contributed by atoms with E-state index in [2.05, 4.69) is 21.2 Å². The van der Waals surface area contributed by atoms with E-state index in [0.717, 1.165) is 28.6 Å². The third kappa shape index (κ3) is 2.95. The third-order valence-electron chi connectivity index (χ3n) is 3.43. The van der Waals surface area contributed by atoms with Gasteiger partial charge in [0.1, 0.15) is 6.04 Å². The molecule has 0 spiro atoms. The molecule has 0 saturated heterocycles. The molecule has 0 radical (unpaired) electrons. The summed E-state index contributed by atoms with van der Waals surface area (Å²) in [5.41, 5.74) is 7.20. The Kier molecular flexibility index (Phi) is 4.65. The Hall–Kier alpha value is -1.56. The Morgan fingerprint density at radius 2 is 2.25 bits per heavy atom. The van der Waals surface area contributed by atoms with Crippen molar-refractivity contribution in [2.24, 2.45) is 5.73 Å². The van der Waals surface area contributed by atoms with Gasteiger partial charge in [-0.15, -0.1) is 0 Å². The zero-order valence-electron chi connectivity index (χ0n) is 11.4. The van der Waals surface area contributed by atoms with Crippen molar-refractivity contribution in [2.75, 3.05) is 11.4 Å². The molecule has 2 rings (SSSR count). The van der Waals surface area contributed by atoms with Gasteiger partial charge in [-0.25, -0.2) is 4.79 Å². The Bertz CT molecular complexity index is 533. The van der Waals surface area contributed by atoms with Crippen molar-refractivity contribution in [1.82, 2.24) is 5.32 Å². The molecule has 0 aromatic heterocycles. The lowest BCUT2D eigenvalue weighted by molar-refractivity contribution is -0.120. The van der Waals surface area contributed by atoms with E-state index in [1.165, 1.54) is 0 Å². The summed E-state index contributed by atoms with van der Waals surface area (Å²) in [5, 5.41) is 2.54. The molecule has 1 atom stereocenters. The highest BCUT2D eigenvalue weighted by molar-refractivity contribution is 9.10. The molecule has 3 N–H and O–H groups in total. The predicted molar refractivity (Wildman–Crippen MR) is 81.6 cm³/mol. The first-order valence-corrected chi connectivity index (χ1v) is 7.48. The molecule has 1 aromatic carbocycles. The number of fused-ring (bicyclic) bond motifs is 1. The van der Waals surface area contributed by atoms with Crippen LogP contribution in [0.3, 0.4) is 0 Å². The molecular formula is C14H18BrN3O2. The largest absolute Gasteiger partial charge is 0.352 e. The number of nitrogens with two attached hydrogens (primary N) is 1. The first-order valence-electron chi connectivity index (χ1n) is 6.69. The maximum Gasteiger partial charge on any atom is 0.312 e. The van der Waals surface area contributed by atoms with Gasteiger partial charge in [0.05, 0.1) is 0 Å². The number of rotatable bonds is 4. The average molecular weight is 340 g/mol. The highest BCUT2D eigenvalue weighted by atomic mass is 79.9. The number of urea groups is 1. The molecule has 0 unspecified atom stereocenters. The molecule has 0 aliphatic carbocycles. The fraction of sp³-hybridized carbons (Fsp3) is 0.429. The van der Waals surface area contributed by atoms with Crippen LogP contribution in [0, 0.1) is 0 Å². The third-order valence-corrected chi connectivity index (χ3v) is 4.17. The van der Waals surface area contributed by atoms with E-state index in [1.54, 1.807) is 4.90 Å². The Labute approximate surface area is 126 Å². The number of nitrogens with one attached hydrogen (secondary N) is 1. The fourth-order valence-electron chi connectivity index (χ4n) is 2.53. The van der Waals surface area contributed by atoms with Crippen LogP contribution in [0.2, 0.25) is 0 Å². The van der Waals surface area contributed by atoms with Crippen LogP contribution in [0.25, 0.3) is 0 Å². The van der Waals surface area contributed by atoms with Crippen LogP contribution in [-0.4, -0.2) is 24.5 Å². The van der Waals surface area contributed by atoms with Crippen molar-refractivity contribution >= 4 is 33.6 Å². The molecule has 20 heavy (non-hydrogen) atoms. The second-order valence-electron chi connectivity index (χ2n) is 4.83. The zero-order valence-corrected chi connectivity index (χ0v) is 12.9. The van der Waals surface area contributed by atoms with Gasteiger partial charge in [0.15, 0.2) is 0 Å². The number of carbonyl (C=O) groups is 2.